The molecule has 0 aromatic rings. The van der Waals surface area contributed by atoms with Gasteiger partial charge in [0.2, 0.25) is 6.41 Å². The van der Waals surface area contributed by atoms with E-state index in [0.717, 1.165) is 25.0 Å². The van der Waals surface area contributed by atoms with Crippen molar-refractivity contribution in [2.75, 3.05) is 19.8 Å². The number of unbranched alkanes of at least 4 members (excludes halogenated alkanes) is 5. The van der Waals surface area contributed by atoms with Crippen molar-refractivity contribution in [3.05, 3.63) is 0 Å². The molecule has 0 aliphatic carbocycles. The Morgan fingerprint density at radius 1 is 1.21 bits per heavy atom. The Balaban J connectivity index is 0.000000555. The third kappa shape index (κ3) is 10.7. The maximum Gasteiger partial charge on any atom is 0.209 e. The number of hydrogen-bond donors (Lipinski definition) is 0. The van der Waals surface area contributed by atoms with Crippen LogP contribution >= 0.6 is 11.9 Å². The Bertz CT molecular complexity index is 291. The van der Waals surface area contributed by atoms with Crippen molar-refractivity contribution in [1.29, 1.82) is 0 Å². The van der Waals surface area contributed by atoms with E-state index in [9.17, 15) is 9.59 Å². The Labute approximate surface area is 121 Å². The summed E-state index contributed by atoms with van der Waals surface area (Å²) in [4.78, 5) is 22.1. The van der Waals surface area contributed by atoms with Crippen molar-refractivity contribution in [3.8, 4) is 0 Å². The van der Waals surface area contributed by atoms with Crippen LogP contribution in [0.3, 0.4) is 0 Å². The topological polar surface area (TPSA) is 49.7 Å². The van der Waals surface area contributed by atoms with E-state index in [-0.39, 0.29) is 5.78 Å². The fourth-order valence-corrected chi connectivity index (χ4v) is 2.26. The number of nitrogens with zero attached hydrogens (tertiary/aromatic N) is 2. The van der Waals surface area contributed by atoms with Crippen LogP contribution in [-0.4, -0.2) is 42.7 Å². The largest absolute Gasteiger partial charge is 0.351 e. The molecule has 5 heteroatoms. The summed E-state index contributed by atoms with van der Waals surface area (Å²) in [5, 5.41) is 0. The molecule has 1 amide bonds. The monoisotopic (exact) mass is 286 g/mol. The van der Waals surface area contributed by atoms with E-state index in [0.29, 0.717) is 5.75 Å². The molecular formula is C14H26N2O2S. The first-order valence-corrected chi connectivity index (χ1v) is 7.89. The molecule has 1 aliphatic heterocycles. The smallest absolute Gasteiger partial charge is 0.209 e. The predicted molar refractivity (Wildman–Crippen MR) is 82.6 cm³/mol. The first-order chi connectivity index (χ1) is 9.11. The summed E-state index contributed by atoms with van der Waals surface area (Å²) in [6.07, 6.45) is 9.31. The van der Waals surface area contributed by atoms with Crippen LogP contribution in [0.5, 0.6) is 0 Å². The van der Waals surface area contributed by atoms with Crippen molar-refractivity contribution < 1.29 is 9.59 Å². The van der Waals surface area contributed by atoms with Crippen molar-refractivity contribution in [2.24, 2.45) is 4.40 Å². The van der Waals surface area contributed by atoms with Crippen LogP contribution in [0, 0.1) is 0 Å². The maximum absolute atomic E-state index is 11.2. The molecule has 0 aromatic carbocycles. The van der Waals surface area contributed by atoms with Gasteiger partial charge in [-0.05, 0) is 24.8 Å². The fraction of sp³-hybridized carbons (Fsp3) is 0.786. The summed E-state index contributed by atoms with van der Waals surface area (Å²) in [6, 6.07) is 0. The van der Waals surface area contributed by atoms with E-state index in [4.69, 9.17) is 0 Å². The minimum absolute atomic E-state index is 0.253. The number of carbonyl (C=O) groups is 2. The van der Waals surface area contributed by atoms with Gasteiger partial charge >= 0.3 is 0 Å². The van der Waals surface area contributed by atoms with E-state index in [1.807, 2.05) is 0 Å². The standard InChI is InChI=1S/C11H19NOS.C3H7NO/c1-2-3-4-5-6-7-8-10-11(13)9-14-12-10;1-4(2)3-5/h2-9H2,1H3;3H,1-2H3. The van der Waals surface area contributed by atoms with Gasteiger partial charge in [0.15, 0.2) is 5.78 Å². The highest BCUT2D eigenvalue weighted by Gasteiger charge is 2.16. The minimum Gasteiger partial charge on any atom is -0.351 e. The highest BCUT2D eigenvalue weighted by Crippen LogP contribution is 2.16. The van der Waals surface area contributed by atoms with Gasteiger partial charge in [-0.1, -0.05) is 39.0 Å². The molecular weight excluding hydrogens is 260 g/mol. The zero-order valence-electron chi connectivity index (χ0n) is 12.4. The van der Waals surface area contributed by atoms with Crippen molar-refractivity contribution in [3.63, 3.8) is 0 Å². The predicted octanol–water partition coefficient (Wildman–Crippen LogP) is 3.11. The number of hydrogen-bond acceptors (Lipinski definition) is 4. The molecule has 1 heterocycles. The first-order valence-electron chi connectivity index (χ1n) is 6.95. The molecule has 0 unspecified atom stereocenters. The molecule has 0 saturated carbocycles. The van der Waals surface area contributed by atoms with Crippen LogP contribution in [0.1, 0.15) is 51.9 Å². The number of rotatable bonds is 8. The summed E-state index contributed by atoms with van der Waals surface area (Å²) in [7, 11) is 3.38. The SMILES string of the molecule is CCCCCCCCC1=NSCC1=O.CN(C)C=O. The molecule has 0 aromatic heterocycles. The summed E-state index contributed by atoms with van der Waals surface area (Å²) in [5.74, 6) is 0.828. The Hall–Kier alpha value is -0.840. The molecule has 0 saturated heterocycles. The quantitative estimate of drug-likeness (QED) is 0.391. The van der Waals surface area contributed by atoms with Crippen molar-refractivity contribution in [2.45, 2.75) is 51.9 Å². The number of ketones is 1. The second-order valence-corrected chi connectivity index (χ2v) is 5.55. The number of Topliss-reactive ketones (excluding diaryl/α,β-unsaturated/α-hetero) is 1. The number of carbonyl (C=O) groups excluding carboxylic acids is 2. The van der Waals surface area contributed by atoms with Gasteiger partial charge in [-0.2, -0.15) is 0 Å². The second-order valence-electron chi connectivity index (χ2n) is 4.82. The highest BCUT2D eigenvalue weighted by molar-refractivity contribution is 7.99. The third-order valence-corrected chi connectivity index (χ3v) is 3.41. The number of amides is 1. The lowest BCUT2D eigenvalue weighted by atomic mass is 10.1. The maximum atomic E-state index is 11.2. The molecule has 0 N–H and O–H groups in total. The zero-order valence-corrected chi connectivity index (χ0v) is 13.2. The van der Waals surface area contributed by atoms with E-state index in [1.165, 1.54) is 49.0 Å². The van der Waals surface area contributed by atoms with E-state index >= 15 is 0 Å². The van der Waals surface area contributed by atoms with Crippen LogP contribution in [0.25, 0.3) is 0 Å². The highest BCUT2D eigenvalue weighted by atomic mass is 32.2. The molecule has 0 spiro atoms. The average molecular weight is 286 g/mol. The molecule has 0 atom stereocenters. The van der Waals surface area contributed by atoms with Crippen molar-refractivity contribution in [1.82, 2.24) is 4.90 Å². The molecule has 19 heavy (non-hydrogen) atoms. The van der Waals surface area contributed by atoms with Gasteiger partial charge < -0.3 is 4.90 Å². The molecule has 110 valence electrons. The van der Waals surface area contributed by atoms with Gasteiger partial charge in [0, 0.05) is 14.1 Å². The second kappa shape index (κ2) is 12.2. The summed E-state index contributed by atoms with van der Waals surface area (Å²) in [6.45, 7) is 2.23. The summed E-state index contributed by atoms with van der Waals surface area (Å²) >= 11 is 1.40. The molecule has 1 rings (SSSR count). The van der Waals surface area contributed by atoms with Crippen LogP contribution in [-0.2, 0) is 9.59 Å². The lowest BCUT2D eigenvalue weighted by Gasteiger charge is -1.99. The van der Waals surface area contributed by atoms with Crippen LogP contribution in [0.15, 0.2) is 4.40 Å². The van der Waals surface area contributed by atoms with Gasteiger partial charge in [0.05, 0.1) is 11.5 Å². The van der Waals surface area contributed by atoms with Crippen molar-refractivity contribution >= 4 is 29.9 Å². The first kappa shape index (κ1) is 18.2. The lowest BCUT2D eigenvalue weighted by Crippen LogP contribution is -2.10. The normalized spacial score (nSPS) is 13.6. The Morgan fingerprint density at radius 3 is 2.26 bits per heavy atom. The van der Waals surface area contributed by atoms with Gasteiger partial charge in [0.25, 0.3) is 0 Å². The van der Waals surface area contributed by atoms with E-state index < -0.39 is 0 Å². The Morgan fingerprint density at radius 2 is 1.79 bits per heavy atom. The minimum atomic E-state index is 0.253. The zero-order chi connectivity index (χ0) is 14.5. The van der Waals surface area contributed by atoms with Gasteiger partial charge in [0.1, 0.15) is 0 Å². The van der Waals surface area contributed by atoms with Crippen LogP contribution in [0.4, 0.5) is 0 Å². The van der Waals surface area contributed by atoms with Gasteiger partial charge in [-0.3, -0.25) is 9.59 Å². The molecule has 0 fully saturated rings. The molecule has 0 bridgehead atoms. The van der Waals surface area contributed by atoms with Gasteiger partial charge in [-0.15, -0.1) is 0 Å². The molecule has 1 aliphatic rings. The lowest BCUT2D eigenvalue weighted by molar-refractivity contribution is -0.116. The fourth-order valence-electron chi connectivity index (χ4n) is 1.56. The van der Waals surface area contributed by atoms with Crippen LogP contribution in [0.2, 0.25) is 0 Å². The van der Waals surface area contributed by atoms with Gasteiger partial charge in [-0.25, -0.2) is 4.40 Å². The third-order valence-electron chi connectivity index (χ3n) is 2.67. The molecule has 0 radical (unpaired) electrons. The average Bonchev–Trinajstić information content (AvgIpc) is 2.80. The van der Waals surface area contributed by atoms with E-state index in [2.05, 4.69) is 11.3 Å². The summed E-state index contributed by atoms with van der Waals surface area (Å²) < 4.78 is 4.13. The Kier molecular flexibility index (Phi) is 11.7. The molecule has 4 nitrogen and oxygen atoms in total. The van der Waals surface area contributed by atoms with Crippen LogP contribution < -0.4 is 0 Å². The summed E-state index contributed by atoms with van der Waals surface area (Å²) in [5.41, 5.74) is 0.825. The van der Waals surface area contributed by atoms with E-state index in [1.54, 1.807) is 14.1 Å².